The molecule has 0 aliphatic carbocycles. The van der Waals surface area contributed by atoms with Crippen molar-refractivity contribution in [2.75, 3.05) is 52.4 Å². The van der Waals surface area contributed by atoms with Gasteiger partial charge in [0.1, 0.15) is 0 Å². The van der Waals surface area contributed by atoms with E-state index in [9.17, 15) is 9.59 Å². The molecule has 1 aromatic carbocycles. The summed E-state index contributed by atoms with van der Waals surface area (Å²) in [5, 5.41) is 0. The zero-order valence-electron chi connectivity index (χ0n) is 17.3. The van der Waals surface area contributed by atoms with Gasteiger partial charge >= 0.3 is 0 Å². The fraction of sp³-hybridized carbons (Fsp3) is 0.636. The van der Waals surface area contributed by atoms with Crippen molar-refractivity contribution in [3.05, 3.63) is 35.9 Å². The van der Waals surface area contributed by atoms with Gasteiger partial charge < -0.3 is 9.80 Å². The molecule has 1 aromatic rings. The Bertz CT molecular complexity index is 635. The first-order chi connectivity index (χ1) is 13.5. The molecule has 0 bridgehead atoms. The van der Waals surface area contributed by atoms with Crippen molar-refractivity contribution in [3.8, 4) is 0 Å². The molecular weight excluding hydrogens is 352 g/mol. The van der Waals surface area contributed by atoms with Crippen molar-refractivity contribution in [2.45, 2.75) is 39.3 Å². The number of benzene rings is 1. The van der Waals surface area contributed by atoms with Crippen LogP contribution in [0.1, 0.15) is 32.3 Å². The van der Waals surface area contributed by atoms with Gasteiger partial charge in [0.05, 0.1) is 13.1 Å². The summed E-state index contributed by atoms with van der Waals surface area (Å²) >= 11 is 0. The van der Waals surface area contributed by atoms with Crippen LogP contribution in [0.25, 0.3) is 0 Å². The van der Waals surface area contributed by atoms with E-state index in [1.165, 1.54) is 0 Å². The van der Waals surface area contributed by atoms with E-state index in [1.807, 2.05) is 28.0 Å². The summed E-state index contributed by atoms with van der Waals surface area (Å²) in [6.45, 7) is 11.0. The zero-order valence-corrected chi connectivity index (χ0v) is 17.3. The first-order valence-corrected chi connectivity index (χ1v) is 10.6. The molecule has 2 aliphatic heterocycles. The third-order valence-electron chi connectivity index (χ3n) is 5.78. The van der Waals surface area contributed by atoms with E-state index >= 15 is 0 Å². The topological polar surface area (TPSA) is 47.1 Å². The number of carbonyl (C=O) groups is 2. The summed E-state index contributed by atoms with van der Waals surface area (Å²) in [7, 11) is 0. The van der Waals surface area contributed by atoms with E-state index in [0.717, 1.165) is 57.7 Å². The molecule has 0 saturated carbocycles. The van der Waals surface area contributed by atoms with Gasteiger partial charge in [-0.25, -0.2) is 0 Å². The van der Waals surface area contributed by atoms with Gasteiger partial charge in [-0.2, -0.15) is 0 Å². The molecule has 2 heterocycles. The molecule has 0 atom stereocenters. The molecule has 154 valence electrons. The van der Waals surface area contributed by atoms with Crippen molar-refractivity contribution in [3.63, 3.8) is 0 Å². The fourth-order valence-corrected chi connectivity index (χ4v) is 3.98. The van der Waals surface area contributed by atoms with Gasteiger partial charge in [-0.3, -0.25) is 19.4 Å². The highest BCUT2D eigenvalue weighted by Crippen LogP contribution is 2.12. The molecule has 0 unspecified atom stereocenters. The number of nitrogens with zero attached hydrogens (tertiary/aromatic N) is 4. The standard InChI is InChI=1S/C22H34N4O2/c1-19(2)26(16-20-8-4-3-5-9-20)22(28)18-24-14-12-23(13-15-24)17-21(27)25-10-6-7-11-25/h3-5,8-9,19H,6-7,10-18H2,1-2H3. The number of likely N-dealkylation sites (tertiary alicyclic amines) is 1. The Hall–Kier alpha value is -1.92. The van der Waals surface area contributed by atoms with Crippen LogP contribution in [0.15, 0.2) is 30.3 Å². The Morgan fingerprint density at radius 2 is 1.46 bits per heavy atom. The highest BCUT2D eigenvalue weighted by atomic mass is 16.2. The van der Waals surface area contributed by atoms with Crippen LogP contribution in [0.3, 0.4) is 0 Å². The lowest BCUT2D eigenvalue weighted by Gasteiger charge is -2.36. The highest BCUT2D eigenvalue weighted by Gasteiger charge is 2.26. The number of piperazine rings is 1. The summed E-state index contributed by atoms with van der Waals surface area (Å²) in [6.07, 6.45) is 2.27. The van der Waals surface area contributed by atoms with E-state index < -0.39 is 0 Å². The number of hydrogen-bond acceptors (Lipinski definition) is 4. The molecule has 2 fully saturated rings. The Morgan fingerprint density at radius 3 is 2.04 bits per heavy atom. The normalized spacial score (nSPS) is 18.6. The second-order valence-corrected chi connectivity index (χ2v) is 8.24. The van der Waals surface area contributed by atoms with Crippen LogP contribution in [-0.2, 0) is 16.1 Å². The SMILES string of the molecule is CC(C)N(Cc1ccccc1)C(=O)CN1CCN(CC(=O)N2CCCC2)CC1. The van der Waals surface area contributed by atoms with Gasteiger partial charge in [-0.05, 0) is 32.3 Å². The predicted molar refractivity (Wildman–Crippen MR) is 111 cm³/mol. The van der Waals surface area contributed by atoms with Gasteiger partial charge in [0.2, 0.25) is 11.8 Å². The number of carbonyl (C=O) groups excluding carboxylic acids is 2. The lowest BCUT2D eigenvalue weighted by Crippen LogP contribution is -2.52. The van der Waals surface area contributed by atoms with Gasteiger partial charge in [0.15, 0.2) is 0 Å². The summed E-state index contributed by atoms with van der Waals surface area (Å²) in [4.78, 5) is 33.6. The molecular formula is C22H34N4O2. The van der Waals surface area contributed by atoms with Gasteiger partial charge in [-0.15, -0.1) is 0 Å². The first kappa shape index (κ1) is 20.8. The van der Waals surface area contributed by atoms with Crippen LogP contribution in [0.5, 0.6) is 0 Å². The number of rotatable bonds is 7. The van der Waals surface area contributed by atoms with Gasteiger partial charge in [0.25, 0.3) is 0 Å². The zero-order chi connectivity index (χ0) is 19.9. The summed E-state index contributed by atoms with van der Waals surface area (Å²) in [6, 6.07) is 10.3. The van der Waals surface area contributed by atoms with Crippen molar-refractivity contribution < 1.29 is 9.59 Å². The predicted octanol–water partition coefficient (Wildman–Crippen LogP) is 1.66. The molecule has 2 aliphatic rings. The molecule has 0 spiro atoms. The third-order valence-corrected chi connectivity index (χ3v) is 5.78. The molecule has 2 amide bonds. The van der Waals surface area contributed by atoms with Crippen LogP contribution in [-0.4, -0.2) is 89.8 Å². The van der Waals surface area contributed by atoms with Crippen molar-refractivity contribution >= 4 is 11.8 Å². The van der Waals surface area contributed by atoms with E-state index in [1.54, 1.807) is 0 Å². The van der Waals surface area contributed by atoms with E-state index in [-0.39, 0.29) is 17.9 Å². The van der Waals surface area contributed by atoms with Crippen molar-refractivity contribution in [2.24, 2.45) is 0 Å². The molecule has 0 radical (unpaired) electrons. The van der Waals surface area contributed by atoms with E-state index in [2.05, 4.69) is 35.8 Å². The largest absolute Gasteiger partial charge is 0.342 e. The van der Waals surface area contributed by atoms with Crippen LogP contribution < -0.4 is 0 Å². The van der Waals surface area contributed by atoms with E-state index in [4.69, 9.17) is 0 Å². The average Bonchev–Trinajstić information content (AvgIpc) is 3.23. The van der Waals surface area contributed by atoms with Crippen LogP contribution in [0, 0.1) is 0 Å². The number of hydrogen-bond donors (Lipinski definition) is 0. The average molecular weight is 387 g/mol. The monoisotopic (exact) mass is 386 g/mol. The molecule has 6 heteroatoms. The van der Waals surface area contributed by atoms with Crippen molar-refractivity contribution in [1.82, 2.24) is 19.6 Å². The summed E-state index contributed by atoms with van der Waals surface area (Å²) in [5.74, 6) is 0.441. The molecule has 0 aromatic heterocycles. The minimum atomic E-state index is 0.173. The lowest BCUT2D eigenvalue weighted by molar-refractivity contribution is -0.136. The van der Waals surface area contributed by atoms with Gasteiger partial charge in [0, 0.05) is 51.9 Å². The second kappa shape index (κ2) is 10.0. The van der Waals surface area contributed by atoms with Gasteiger partial charge in [-0.1, -0.05) is 30.3 Å². The fourth-order valence-electron chi connectivity index (χ4n) is 3.98. The minimum absolute atomic E-state index is 0.173. The lowest BCUT2D eigenvalue weighted by atomic mass is 10.2. The molecule has 3 rings (SSSR count). The summed E-state index contributed by atoms with van der Waals surface area (Å²) < 4.78 is 0. The third kappa shape index (κ3) is 5.79. The van der Waals surface area contributed by atoms with Crippen molar-refractivity contribution in [1.29, 1.82) is 0 Å². The van der Waals surface area contributed by atoms with Crippen LogP contribution in [0.4, 0.5) is 0 Å². The molecule has 0 N–H and O–H groups in total. The maximum absolute atomic E-state index is 12.9. The molecule has 2 saturated heterocycles. The van der Waals surface area contributed by atoms with Crippen LogP contribution in [0.2, 0.25) is 0 Å². The molecule has 6 nitrogen and oxygen atoms in total. The van der Waals surface area contributed by atoms with Crippen LogP contribution >= 0.6 is 0 Å². The Balaban J connectivity index is 1.44. The second-order valence-electron chi connectivity index (χ2n) is 8.24. The highest BCUT2D eigenvalue weighted by molar-refractivity contribution is 5.79. The number of amides is 2. The molecule has 28 heavy (non-hydrogen) atoms. The quantitative estimate of drug-likeness (QED) is 0.715. The first-order valence-electron chi connectivity index (χ1n) is 10.6. The maximum atomic E-state index is 12.9. The Morgan fingerprint density at radius 1 is 0.893 bits per heavy atom. The summed E-state index contributed by atoms with van der Waals surface area (Å²) in [5.41, 5.74) is 1.16. The Kier molecular flexibility index (Phi) is 7.45. The minimum Gasteiger partial charge on any atom is -0.342 e. The Labute approximate surface area is 169 Å². The van der Waals surface area contributed by atoms with E-state index in [0.29, 0.717) is 19.6 Å². The maximum Gasteiger partial charge on any atom is 0.237 e. The smallest absolute Gasteiger partial charge is 0.237 e.